The van der Waals surface area contributed by atoms with E-state index >= 15 is 0 Å². The highest BCUT2D eigenvalue weighted by molar-refractivity contribution is 6.06. The lowest BCUT2D eigenvalue weighted by atomic mass is 10.0. The number of alkyl halides is 3. The number of hydrogen-bond acceptors (Lipinski definition) is 4. The molecule has 1 aliphatic rings. The Morgan fingerprint density at radius 3 is 2.38 bits per heavy atom. The molecule has 0 spiro atoms. The fraction of sp³-hybridized carbons (Fsp3) is 0.222. The maximum atomic E-state index is 12.6. The SMILES string of the molecule is COc1ccc(NC(=O)[C@H]2CC(c3ccc(C(F)(F)F)cc3)=NO2)cc1. The van der Waals surface area contributed by atoms with Crippen LogP contribution >= 0.6 is 0 Å². The highest BCUT2D eigenvalue weighted by atomic mass is 19.4. The molecule has 26 heavy (non-hydrogen) atoms. The standard InChI is InChI=1S/C18H15F3N2O3/c1-25-14-8-6-13(7-9-14)22-17(24)16-10-15(23-26-16)11-2-4-12(5-3-11)18(19,20)21/h2-9,16H,10H2,1H3,(H,22,24)/t16-/m1/s1. The van der Waals surface area contributed by atoms with Crippen molar-refractivity contribution in [1.82, 2.24) is 0 Å². The number of halogens is 3. The molecule has 0 bridgehead atoms. The normalized spacial score (nSPS) is 16.6. The Morgan fingerprint density at radius 2 is 1.81 bits per heavy atom. The van der Waals surface area contributed by atoms with Crippen LogP contribution < -0.4 is 10.1 Å². The number of oxime groups is 1. The molecule has 0 fully saturated rings. The van der Waals surface area contributed by atoms with Crippen molar-refractivity contribution in [3.8, 4) is 5.75 Å². The Hall–Kier alpha value is -3.03. The van der Waals surface area contributed by atoms with Crippen molar-refractivity contribution >= 4 is 17.3 Å². The van der Waals surface area contributed by atoms with E-state index in [1.54, 1.807) is 31.4 Å². The van der Waals surface area contributed by atoms with Gasteiger partial charge >= 0.3 is 6.18 Å². The molecule has 1 N–H and O–H groups in total. The van der Waals surface area contributed by atoms with E-state index in [9.17, 15) is 18.0 Å². The Kier molecular flexibility index (Phi) is 4.83. The number of hydrogen-bond donors (Lipinski definition) is 1. The molecule has 1 amide bonds. The highest BCUT2D eigenvalue weighted by Gasteiger charge is 2.32. The summed E-state index contributed by atoms with van der Waals surface area (Å²) in [6, 6.07) is 11.4. The molecule has 1 heterocycles. The Morgan fingerprint density at radius 1 is 1.15 bits per heavy atom. The number of carbonyl (C=O) groups excluding carboxylic acids is 1. The summed E-state index contributed by atoms with van der Waals surface area (Å²) in [7, 11) is 1.54. The van der Waals surface area contributed by atoms with Crippen LogP contribution in [-0.2, 0) is 15.8 Å². The summed E-state index contributed by atoms with van der Waals surface area (Å²) in [5.41, 5.74) is 0.739. The van der Waals surface area contributed by atoms with E-state index in [4.69, 9.17) is 9.57 Å². The largest absolute Gasteiger partial charge is 0.497 e. The van der Waals surface area contributed by atoms with E-state index in [2.05, 4.69) is 10.5 Å². The molecule has 136 valence electrons. The number of carbonyl (C=O) groups is 1. The average Bonchev–Trinajstić information content (AvgIpc) is 3.12. The predicted octanol–water partition coefficient (Wildman–Crippen LogP) is 3.85. The van der Waals surface area contributed by atoms with Crippen molar-refractivity contribution < 1.29 is 27.5 Å². The van der Waals surface area contributed by atoms with Crippen molar-refractivity contribution in [3.05, 3.63) is 59.7 Å². The summed E-state index contributed by atoms with van der Waals surface area (Å²) >= 11 is 0. The number of rotatable bonds is 4. The van der Waals surface area contributed by atoms with Crippen LogP contribution in [0.5, 0.6) is 5.75 Å². The van der Waals surface area contributed by atoms with Gasteiger partial charge in [-0.3, -0.25) is 4.79 Å². The maximum absolute atomic E-state index is 12.6. The Labute approximate surface area is 147 Å². The summed E-state index contributed by atoms with van der Waals surface area (Å²) in [6.45, 7) is 0. The third kappa shape index (κ3) is 3.96. The first-order chi connectivity index (χ1) is 12.4. The smallest absolute Gasteiger partial charge is 0.416 e. The number of anilines is 1. The lowest BCUT2D eigenvalue weighted by molar-refractivity contribution is -0.137. The maximum Gasteiger partial charge on any atom is 0.416 e. The lowest BCUT2D eigenvalue weighted by Crippen LogP contribution is -2.28. The highest BCUT2D eigenvalue weighted by Crippen LogP contribution is 2.30. The summed E-state index contributed by atoms with van der Waals surface area (Å²) in [4.78, 5) is 17.4. The van der Waals surface area contributed by atoms with Crippen LogP contribution in [0.3, 0.4) is 0 Å². The molecule has 2 aromatic carbocycles. The molecule has 0 radical (unpaired) electrons. The second kappa shape index (κ2) is 7.07. The molecule has 5 nitrogen and oxygen atoms in total. The zero-order valence-corrected chi connectivity index (χ0v) is 13.7. The number of nitrogens with zero attached hydrogens (tertiary/aromatic N) is 1. The topological polar surface area (TPSA) is 59.9 Å². The number of benzene rings is 2. The van der Waals surface area contributed by atoms with Crippen LogP contribution in [0.4, 0.5) is 18.9 Å². The van der Waals surface area contributed by atoms with E-state index in [0.29, 0.717) is 22.7 Å². The minimum Gasteiger partial charge on any atom is -0.497 e. The van der Waals surface area contributed by atoms with Gasteiger partial charge in [0, 0.05) is 12.1 Å². The van der Waals surface area contributed by atoms with Crippen LogP contribution in [0.15, 0.2) is 53.7 Å². The molecule has 0 aliphatic carbocycles. The Bertz CT molecular complexity index is 815. The van der Waals surface area contributed by atoms with E-state index < -0.39 is 17.8 Å². The summed E-state index contributed by atoms with van der Waals surface area (Å²) in [6.07, 6.45) is -5.06. The van der Waals surface area contributed by atoms with Gasteiger partial charge in [-0.05, 0) is 42.0 Å². The minimum atomic E-state index is -4.40. The van der Waals surface area contributed by atoms with Crippen LogP contribution in [0, 0.1) is 0 Å². The lowest BCUT2D eigenvalue weighted by Gasteiger charge is -2.10. The molecule has 1 aliphatic heterocycles. The van der Waals surface area contributed by atoms with Crippen molar-refractivity contribution in [1.29, 1.82) is 0 Å². The third-order valence-electron chi connectivity index (χ3n) is 3.86. The molecule has 0 saturated carbocycles. The summed E-state index contributed by atoms with van der Waals surface area (Å²) in [5, 5.41) is 6.52. The molecule has 3 rings (SSSR count). The average molecular weight is 364 g/mol. The van der Waals surface area contributed by atoms with Crippen molar-refractivity contribution in [3.63, 3.8) is 0 Å². The second-order valence-electron chi connectivity index (χ2n) is 5.63. The van der Waals surface area contributed by atoms with Gasteiger partial charge < -0.3 is 14.9 Å². The number of nitrogens with one attached hydrogen (secondary N) is 1. The molecule has 1 atom stereocenters. The monoisotopic (exact) mass is 364 g/mol. The van der Waals surface area contributed by atoms with Crippen LogP contribution in [0.2, 0.25) is 0 Å². The number of methoxy groups -OCH3 is 1. The quantitative estimate of drug-likeness (QED) is 0.897. The first-order valence-electron chi connectivity index (χ1n) is 7.72. The minimum absolute atomic E-state index is 0.174. The molecule has 2 aromatic rings. The molecular formula is C18H15F3N2O3. The second-order valence-corrected chi connectivity index (χ2v) is 5.63. The van der Waals surface area contributed by atoms with E-state index in [0.717, 1.165) is 12.1 Å². The number of ether oxygens (including phenoxy) is 1. The molecule has 8 heteroatoms. The van der Waals surface area contributed by atoms with Gasteiger partial charge in [-0.15, -0.1) is 0 Å². The summed E-state index contributed by atoms with van der Waals surface area (Å²) in [5.74, 6) is 0.272. The van der Waals surface area contributed by atoms with Crippen LogP contribution in [-0.4, -0.2) is 24.8 Å². The van der Waals surface area contributed by atoms with Crippen LogP contribution in [0.1, 0.15) is 17.5 Å². The van der Waals surface area contributed by atoms with Gasteiger partial charge in [0.2, 0.25) is 6.10 Å². The Balaban J connectivity index is 1.61. The fourth-order valence-corrected chi connectivity index (χ4v) is 2.44. The van der Waals surface area contributed by atoms with Crippen molar-refractivity contribution in [2.75, 3.05) is 12.4 Å². The van der Waals surface area contributed by atoms with Gasteiger partial charge in [-0.2, -0.15) is 13.2 Å². The van der Waals surface area contributed by atoms with Gasteiger partial charge in [0.05, 0.1) is 18.4 Å². The fourth-order valence-electron chi connectivity index (χ4n) is 2.44. The van der Waals surface area contributed by atoms with E-state index in [-0.39, 0.29) is 12.3 Å². The predicted molar refractivity (Wildman–Crippen MR) is 89.1 cm³/mol. The number of amides is 1. The molecular weight excluding hydrogens is 349 g/mol. The van der Waals surface area contributed by atoms with E-state index in [1.807, 2.05) is 0 Å². The zero-order chi connectivity index (χ0) is 18.7. The molecule has 0 aromatic heterocycles. The van der Waals surface area contributed by atoms with Gasteiger partial charge in [-0.25, -0.2) is 0 Å². The molecule has 0 saturated heterocycles. The first-order valence-corrected chi connectivity index (χ1v) is 7.72. The van der Waals surface area contributed by atoms with Gasteiger partial charge in [-0.1, -0.05) is 17.3 Å². The summed E-state index contributed by atoms with van der Waals surface area (Å²) < 4.78 is 42.9. The van der Waals surface area contributed by atoms with Crippen molar-refractivity contribution in [2.45, 2.75) is 18.7 Å². The van der Waals surface area contributed by atoms with Crippen molar-refractivity contribution in [2.24, 2.45) is 5.16 Å². The van der Waals surface area contributed by atoms with Gasteiger partial charge in [0.25, 0.3) is 5.91 Å². The van der Waals surface area contributed by atoms with Gasteiger partial charge in [0.15, 0.2) is 0 Å². The first kappa shape index (κ1) is 17.8. The molecule has 0 unspecified atom stereocenters. The third-order valence-corrected chi connectivity index (χ3v) is 3.86. The van der Waals surface area contributed by atoms with Gasteiger partial charge in [0.1, 0.15) is 5.75 Å². The van der Waals surface area contributed by atoms with Crippen LogP contribution in [0.25, 0.3) is 0 Å². The van der Waals surface area contributed by atoms with E-state index in [1.165, 1.54) is 12.1 Å². The zero-order valence-electron chi connectivity index (χ0n) is 13.7.